The zero-order valence-electron chi connectivity index (χ0n) is 11.6. The fraction of sp³-hybridized carbons (Fsp3) is 0.250. The molecule has 0 saturated heterocycles. The van der Waals surface area contributed by atoms with Crippen molar-refractivity contribution in [2.24, 2.45) is 0 Å². The summed E-state index contributed by atoms with van der Waals surface area (Å²) in [5, 5.41) is 0.595. The standard InChI is InChI=1S/C16H16BrClO3/c1-19-13-4-2-5-14(11-13)20-8-3-9-21-16-7-6-12(17)10-15(16)18/h2,4-7,10-11H,3,8-9H2,1H3. The van der Waals surface area contributed by atoms with Crippen molar-refractivity contribution < 1.29 is 14.2 Å². The summed E-state index contributed by atoms with van der Waals surface area (Å²) in [5.74, 6) is 2.25. The van der Waals surface area contributed by atoms with Gasteiger partial charge in [-0.1, -0.05) is 33.6 Å². The van der Waals surface area contributed by atoms with Gasteiger partial charge in [0.2, 0.25) is 0 Å². The third-order valence-corrected chi connectivity index (χ3v) is 3.54. The molecule has 5 heteroatoms. The minimum atomic E-state index is 0.547. The summed E-state index contributed by atoms with van der Waals surface area (Å²) >= 11 is 9.43. The fourth-order valence-electron chi connectivity index (χ4n) is 1.71. The van der Waals surface area contributed by atoms with E-state index in [1.54, 1.807) is 7.11 Å². The number of methoxy groups -OCH3 is 1. The minimum Gasteiger partial charge on any atom is -0.497 e. The van der Waals surface area contributed by atoms with Gasteiger partial charge in [0.25, 0.3) is 0 Å². The van der Waals surface area contributed by atoms with Crippen molar-refractivity contribution >= 4 is 27.5 Å². The normalized spacial score (nSPS) is 10.2. The van der Waals surface area contributed by atoms with Crippen LogP contribution in [0.3, 0.4) is 0 Å². The van der Waals surface area contributed by atoms with Crippen LogP contribution in [0.15, 0.2) is 46.9 Å². The highest BCUT2D eigenvalue weighted by atomic mass is 79.9. The van der Waals surface area contributed by atoms with E-state index in [0.29, 0.717) is 24.0 Å². The van der Waals surface area contributed by atoms with E-state index in [9.17, 15) is 0 Å². The molecule has 0 spiro atoms. The molecular formula is C16H16BrClO3. The second-order valence-electron chi connectivity index (χ2n) is 4.30. The minimum absolute atomic E-state index is 0.547. The molecule has 3 nitrogen and oxygen atoms in total. The van der Waals surface area contributed by atoms with E-state index in [-0.39, 0.29) is 0 Å². The summed E-state index contributed by atoms with van der Waals surface area (Å²) in [6, 6.07) is 13.1. The summed E-state index contributed by atoms with van der Waals surface area (Å²) in [5.41, 5.74) is 0. The van der Waals surface area contributed by atoms with Crippen LogP contribution < -0.4 is 14.2 Å². The highest BCUT2D eigenvalue weighted by Crippen LogP contribution is 2.27. The van der Waals surface area contributed by atoms with Crippen LogP contribution in [0.4, 0.5) is 0 Å². The molecule has 0 atom stereocenters. The van der Waals surface area contributed by atoms with E-state index in [4.69, 9.17) is 25.8 Å². The maximum absolute atomic E-state index is 6.07. The molecule has 0 heterocycles. The molecule has 0 bridgehead atoms. The Morgan fingerprint density at radius 2 is 1.76 bits per heavy atom. The van der Waals surface area contributed by atoms with Gasteiger partial charge in [0.1, 0.15) is 17.2 Å². The van der Waals surface area contributed by atoms with Crippen molar-refractivity contribution in [3.8, 4) is 17.2 Å². The zero-order chi connectivity index (χ0) is 15.1. The Morgan fingerprint density at radius 1 is 1.00 bits per heavy atom. The smallest absolute Gasteiger partial charge is 0.137 e. The average Bonchev–Trinajstić information content (AvgIpc) is 2.49. The van der Waals surface area contributed by atoms with E-state index >= 15 is 0 Å². The molecule has 0 N–H and O–H groups in total. The predicted octanol–water partition coefficient (Wildman–Crippen LogP) is 4.96. The number of rotatable bonds is 7. The van der Waals surface area contributed by atoms with Crippen molar-refractivity contribution in [2.75, 3.05) is 20.3 Å². The second kappa shape index (κ2) is 8.15. The van der Waals surface area contributed by atoms with Gasteiger partial charge in [-0.15, -0.1) is 0 Å². The van der Waals surface area contributed by atoms with Crippen LogP contribution >= 0.6 is 27.5 Å². The maximum Gasteiger partial charge on any atom is 0.137 e. The molecule has 0 aliphatic carbocycles. The molecule has 0 aliphatic heterocycles. The summed E-state index contributed by atoms with van der Waals surface area (Å²) < 4.78 is 17.3. The van der Waals surface area contributed by atoms with Crippen LogP contribution in [0.5, 0.6) is 17.2 Å². The van der Waals surface area contributed by atoms with Crippen molar-refractivity contribution in [3.63, 3.8) is 0 Å². The molecule has 2 aromatic rings. The molecule has 0 amide bonds. The fourth-order valence-corrected chi connectivity index (χ4v) is 2.44. The van der Waals surface area contributed by atoms with Crippen molar-refractivity contribution in [1.82, 2.24) is 0 Å². The summed E-state index contributed by atoms with van der Waals surface area (Å²) in [6.07, 6.45) is 0.767. The number of hydrogen-bond acceptors (Lipinski definition) is 3. The monoisotopic (exact) mass is 370 g/mol. The Morgan fingerprint density at radius 3 is 2.52 bits per heavy atom. The summed E-state index contributed by atoms with van der Waals surface area (Å²) in [4.78, 5) is 0. The molecule has 2 rings (SSSR count). The highest BCUT2D eigenvalue weighted by Gasteiger charge is 2.02. The first-order valence-electron chi connectivity index (χ1n) is 6.54. The molecule has 2 aromatic carbocycles. The van der Waals surface area contributed by atoms with E-state index in [0.717, 1.165) is 22.4 Å². The van der Waals surface area contributed by atoms with Gasteiger partial charge >= 0.3 is 0 Å². The quantitative estimate of drug-likeness (QED) is 0.644. The number of ether oxygens (including phenoxy) is 3. The lowest BCUT2D eigenvalue weighted by molar-refractivity contribution is 0.247. The first-order chi connectivity index (χ1) is 10.2. The topological polar surface area (TPSA) is 27.7 Å². The largest absolute Gasteiger partial charge is 0.497 e. The number of hydrogen-bond donors (Lipinski definition) is 0. The Hall–Kier alpha value is -1.39. The lowest BCUT2D eigenvalue weighted by atomic mass is 10.3. The van der Waals surface area contributed by atoms with Gasteiger partial charge in [-0.25, -0.2) is 0 Å². The van der Waals surface area contributed by atoms with Gasteiger partial charge < -0.3 is 14.2 Å². The van der Waals surface area contributed by atoms with Crippen LogP contribution in [0.1, 0.15) is 6.42 Å². The first kappa shape index (κ1) is 16.0. The molecule has 0 saturated carbocycles. The van der Waals surface area contributed by atoms with Crippen LogP contribution in [0.2, 0.25) is 5.02 Å². The Kier molecular flexibility index (Phi) is 6.21. The lowest BCUT2D eigenvalue weighted by Crippen LogP contribution is -2.05. The number of benzene rings is 2. The molecule has 0 radical (unpaired) electrons. The summed E-state index contributed by atoms with van der Waals surface area (Å²) in [7, 11) is 1.63. The Balaban J connectivity index is 1.72. The molecule has 0 aromatic heterocycles. The average molecular weight is 372 g/mol. The Labute approximate surface area is 137 Å². The summed E-state index contributed by atoms with van der Waals surface area (Å²) in [6.45, 7) is 1.12. The lowest BCUT2D eigenvalue weighted by Gasteiger charge is -2.10. The third-order valence-electron chi connectivity index (χ3n) is 2.75. The van der Waals surface area contributed by atoms with Gasteiger partial charge in [0.15, 0.2) is 0 Å². The van der Waals surface area contributed by atoms with Crippen molar-refractivity contribution in [1.29, 1.82) is 0 Å². The molecule has 0 unspecified atom stereocenters. The van der Waals surface area contributed by atoms with Crippen LogP contribution in [0.25, 0.3) is 0 Å². The van der Waals surface area contributed by atoms with Gasteiger partial charge in [0, 0.05) is 17.0 Å². The SMILES string of the molecule is COc1cccc(OCCCOc2ccc(Br)cc2Cl)c1. The van der Waals surface area contributed by atoms with E-state index in [1.165, 1.54) is 0 Å². The second-order valence-corrected chi connectivity index (χ2v) is 5.63. The molecule has 0 aliphatic rings. The highest BCUT2D eigenvalue weighted by molar-refractivity contribution is 9.10. The van der Waals surface area contributed by atoms with Gasteiger partial charge in [-0.2, -0.15) is 0 Å². The first-order valence-corrected chi connectivity index (χ1v) is 7.71. The molecular weight excluding hydrogens is 356 g/mol. The predicted molar refractivity (Wildman–Crippen MR) is 87.8 cm³/mol. The molecule has 0 fully saturated rings. The van der Waals surface area contributed by atoms with E-state index in [1.807, 2.05) is 42.5 Å². The number of halogens is 2. The van der Waals surface area contributed by atoms with Crippen LogP contribution in [-0.4, -0.2) is 20.3 Å². The Bertz CT molecular complexity index is 589. The molecule has 21 heavy (non-hydrogen) atoms. The van der Waals surface area contributed by atoms with Gasteiger partial charge in [0.05, 0.1) is 25.3 Å². The van der Waals surface area contributed by atoms with E-state index in [2.05, 4.69) is 15.9 Å². The van der Waals surface area contributed by atoms with Crippen LogP contribution in [-0.2, 0) is 0 Å². The molecule has 112 valence electrons. The zero-order valence-corrected chi connectivity index (χ0v) is 14.0. The third kappa shape index (κ3) is 5.14. The van der Waals surface area contributed by atoms with Crippen molar-refractivity contribution in [2.45, 2.75) is 6.42 Å². The van der Waals surface area contributed by atoms with Gasteiger partial charge in [-0.3, -0.25) is 0 Å². The van der Waals surface area contributed by atoms with E-state index < -0.39 is 0 Å². The van der Waals surface area contributed by atoms with Crippen LogP contribution in [0, 0.1) is 0 Å². The maximum atomic E-state index is 6.07. The van der Waals surface area contributed by atoms with Gasteiger partial charge in [-0.05, 0) is 30.3 Å². The van der Waals surface area contributed by atoms with Crippen molar-refractivity contribution in [3.05, 3.63) is 52.0 Å².